The number of benzene rings is 2. The van der Waals surface area contributed by atoms with Gasteiger partial charge < -0.3 is 9.73 Å². The first kappa shape index (κ1) is 16.7. The van der Waals surface area contributed by atoms with Gasteiger partial charge in [-0.05, 0) is 42.5 Å². The molecule has 25 heavy (non-hydrogen) atoms. The van der Waals surface area contributed by atoms with Gasteiger partial charge >= 0.3 is 6.18 Å². The number of aromatic nitrogens is 2. The number of alkyl halides is 3. The molecule has 2 aromatic carbocycles. The lowest BCUT2D eigenvalue weighted by molar-refractivity contribution is -0.137. The molecule has 128 valence electrons. The van der Waals surface area contributed by atoms with Crippen molar-refractivity contribution in [1.29, 1.82) is 0 Å². The monoisotopic (exact) mass is 347 g/mol. The first-order chi connectivity index (χ1) is 11.8. The maximum atomic E-state index is 12.6. The Bertz CT molecular complexity index is 902. The van der Waals surface area contributed by atoms with Gasteiger partial charge in [0.1, 0.15) is 0 Å². The third-order valence-electron chi connectivity index (χ3n) is 3.37. The SMILES string of the molecule is Cc1nnc(-c2cccc(NC(=O)c3ccc(C(F)(F)F)cc3)c2)o1. The molecule has 0 atom stereocenters. The molecule has 0 saturated heterocycles. The average Bonchev–Trinajstić information content (AvgIpc) is 3.01. The first-order valence-corrected chi connectivity index (χ1v) is 7.22. The highest BCUT2D eigenvalue weighted by Crippen LogP contribution is 2.29. The molecule has 0 aliphatic heterocycles. The van der Waals surface area contributed by atoms with Crippen molar-refractivity contribution in [2.24, 2.45) is 0 Å². The Morgan fingerprint density at radius 2 is 1.80 bits per heavy atom. The molecule has 0 saturated carbocycles. The van der Waals surface area contributed by atoms with E-state index < -0.39 is 17.6 Å². The van der Waals surface area contributed by atoms with Crippen LogP contribution in [0.2, 0.25) is 0 Å². The van der Waals surface area contributed by atoms with Crippen LogP contribution in [-0.4, -0.2) is 16.1 Å². The highest BCUT2D eigenvalue weighted by molar-refractivity contribution is 6.04. The van der Waals surface area contributed by atoms with Crippen LogP contribution in [0.15, 0.2) is 52.9 Å². The Labute approximate surface area is 140 Å². The van der Waals surface area contributed by atoms with E-state index in [0.29, 0.717) is 23.0 Å². The third-order valence-corrected chi connectivity index (χ3v) is 3.37. The van der Waals surface area contributed by atoms with Gasteiger partial charge in [-0.25, -0.2) is 0 Å². The van der Waals surface area contributed by atoms with E-state index in [4.69, 9.17) is 4.42 Å². The van der Waals surface area contributed by atoms with Crippen molar-refractivity contribution in [2.45, 2.75) is 13.1 Å². The van der Waals surface area contributed by atoms with Gasteiger partial charge in [0.05, 0.1) is 5.56 Å². The Hall–Kier alpha value is -3.16. The lowest BCUT2D eigenvalue weighted by Crippen LogP contribution is -2.12. The summed E-state index contributed by atoms with van der Waals surface area (Å²) in [5.41, 5.74) is 0.383. The lowest BCUT2D eigenvalue weighted by Gasteiger charge is -2.09. The fourth-order valence-corrected chi connectivity index (χ4v) is 2.16. The summed E-state index contributed by atoms with van der Waals surface area (Å²) in [5, 5.41) is 10.2. The molecule has 1 N–H and O–H groups in total. The number of hydrogen-bond acceptors (Lipinski definition) is 4. The summed E-state index contributed by atoms with van der Waals surface area (Å²) >= 11 is 0. The van der Waals surface area contributed by atoms with E-state index in [1.807, 2.05) is 0 Å². The van der Waals surface area contributed by atoms with Crippen molar-refractivity contribution in [1.82, 2.24) is 10.2 Å². The number of anilines is 1. The molecular formula is C17H12F3N3O2. The topological polar surface area (TPSA) is 68.0 Å². The van der Waals surface area contributed by atoms with E-state index >= 15 is 0 Å². The van der Waals surface area contributed by atoms with Gasteiger partial charge in [0.25, 0.3) is 5.91 Å². The molecule has 5 nitrogen and oxygen atoms in total. The fourth-order valence-electron chi connectivity index (χ4n) is 2.16. The van der Waals surface area contributed by atoms with Crippen LogP contribution >= 0.6 is 0 Å². The number of nitrogens with one attached hydrogen (secondary N) is 1. The van der Waals surface area contributed by atoms with Crippen molar-refractivity contribution in [3.63, 3.8) is 0 Å². The van der Waals surface area contributed by atoms with E-state index in [1.54, 1.807) is 31.2 Å². The first-order valence-electron chi connectivity index (χ1n) is 7.22. The Morgan fingerprint density at radius 1 is 1.08 bits per heavy atom. The molecule has 0 fully saturated rings. The van der Waals surface area contributed by atoms with Crippen molar-refractivity contribution in [3.8, 4) is 11.5 Å². The van der Waals surface area contributed by atoms with Gasteiger partial charge in [0.15, 0.2) is 0 Å². The zero-order valence-electron chi connectivity index (χ0n) is 13.0. The molecule has 1 aromatic heterocycles. The molecular weight excluding hydrogens is 335 g/mol. The third kappa shape index (κ3) is 3.85. The summed E-state index contributed by atoms with van der Waals surface area (Å²) in [6.45, 7) is 1.66. The van der Waals surface area contributed by atoms with E-state index in [0.717, 1.165) is 24.3 Å². The van der Waals surface area contributed by atoms with Crippen molar-refractivity contribution in [2.75, 3.05) is 5.32 Å². The molecule has 0 radical (unpaired) electrons. The van der Waals surface area contributed by atoms with Crippen molar-refractivity contribution in [3.05, 3.63) is 65.5 Å². The number of hydrogen-bond donors (Lipinski definition) is 1. The van der Waals surface area contributed by atoms with Crippen LogP contribution in [0.1, 0.15) is 21.8 Å². The van der Waals surface area contributed by atoms with Crippen LogP contribution in [0.3, 0.4) is 0 Å². The zero-order chi connectivity index (χ0) is 18.0. The smallest absolute Gasteiger partial charge is 0.416 e. The number of carbonyl (C=O) groups excluding carboxylic acids is 1. The van der Waals surface area contributed by atoms with Crippen LogP contribution < -0.4 is 5.32 Å². The fraction of sp³-hybridized carbons (Fsp3) is 0.118. The average molecular weight is 347 g/mol. The number of carbonyl (C=O) groups is 1. The van der Waals surface area contributed by atoms with E-state index in [9.17, 15) is 18.0 Å². The van der Waals surface area contributed by atoms with Crippen LogP contribution in [0.5, 0.6) is 0 Å². The minimum absolute atomic E-state index is 0.118. The molecule has 8 heteroatoms. The molecule has 0 bridgehead atoms. The minimum atomic E-state index is -4.44. The van der Waals surface area contributed by atoms with Gasteiger partial charge in [-0.3, -0.25) is 4.79 Å². The van der Waals surface area contributed by atoms with E-state index in [-0.39, 0.29) is 5.56 Å². The second-order valence-corrected chi connectivity index (χ2v) is 5.24. The number of halogens is 3. The van der Waals surface area contributed by atoms with Crippen molar-refractivity contribution < 1.29 is 22.4 Å². The van der Waals surface area contributed by atoms with Crippen LogP contribution in [0.25, 0.3) is 11.5 Å². The molecule has 0 aliphatic rings. The zero-order valence-corrected chi connectivity index (χ0v) is 13.0. The predicted octanol–water partition coefficient (Wildman–Crippen LogP) is 4.32. The van der Waals surface area contributed by atoms with Crippen LogP contribution in [0, 0.1) is 6.92 Å². The van der Waals surface area contributed by atoms with Crippen LogP contribution in [-0.2, 0) is 6.18 Å². The Kier molecular flexibility index (Phi) is 4.26. The highest BCUT2D eigenvalue weighted by atomic mass is 19.4. The van der Waals surface area contributed by atoms with Gasteiger partial charge in [-0.15, -0.1) is 10.2 Å². The minimum Gasteiger partial charge on any atom is -0.421 e. The molecule has 3 rings (SSSR count). The van der Waals surface area contributed by atoms with Gasteiger partial charge in [0.2, 0.25) is 11.8 Å². The quantitative estimate of drug-likeness (QED) is 0.766. The van der Waals surface area contributed by atoms with Crippen molar-refractivity contribution >= 4 is 11.6 Å². The number of aryl methyl sites for hydroxylation is 1. The van der Waals surface area contributed by atoms with Gasteiger partial charge in [-0.2, -0.15) is 13.2 Å². The predicted molar refractivity (Wildman–Crippen MR) is 83.9 cm³/mol. The molecule has 3 aromatic rings. The largest absolute Gasteiger partial charge is 0.421 e. The summed E-state index contributed by atoms with van der Waals surface area (Å²) in [4.78, 5) is 12.2. The number of amides is 1. The molecule has 1 amide bonds. The normalized spacial score (nSPS) is 11.4. The maximum Gasteiger partial charge on any atom is 0.416 e. The summed E-state index contributed by atoms with van der Waals surface area (Å²) in [6.07, 6.45) is -4.44. The molecule has 0 aliphatic carbocycles. The van der Waals surface area contributed by atoms with Crippen LogP contribution in [0.4, 0.5) is 18.9 Å². The van der Waals surface area contributed by atoms with Gasteiger partial charge in [-0.1, -0.05) is 6.07 Å². The molecule has 0 spiro atoms. The molecule has 1 heterocycles. The highest BCUT2D eigenvalue weighted by Gasteiger charge is 2.30. The number of rotatable bonds is 3. The summed E-state index contributed by atoms with van der Waals surface area (Å²) in [5.74, 6) is 0.199. The second kappa shape index (κ2) is 6.39. The lowest BCUT2D eigenvalue weighted by atomic mass is 10.1. The summed E-state index contributed by atoms with van der Waals surface area (Å²) < 4.78 is 43.0. The Morgan fingerprint density at radius 3 is 2.40 bits per heavy atom. The Balaban J connectivity index is 1.77. The number of nitrogens with zero attached hydrogens (tertiary/aromatic N) is 2. The molecule has 0 unspecified atom stereocenters. The standard InChI is InChI=1S/C17H12F3N3O2/c1-10-22-23-16(25-10)12-3-2-4-14(9-12)21-15(24)11-5-7-13(8-6-11)17(18,19)20/h2-9H,1H3,(H,21,24). The van der Waals surface area contributed by atoms with Gasteiger partial charge in [0, 0.05) is 23.7 Å². The summed E-state index contributed by atoms with van der Waals surface area (Å²) in [6, 6.07) is 10.7. The van der Waals surface area contributed by atoms with E-state index in [2.05, 4.69) is 15.5 Å². The summed E-state index contributed by atoms with van der Waals surface area (Å²) in [7, 11) is 0. The van der Waals surface area contributed by atoms with E-state index in [1.165, 1.54) is 0 Å². The maximum absolute atomic E-state index is 12.6. The second-order valence-electron chi connectivity index (χ2n) is 5.24.